The Hall–Kier alpha value is -1.97. The predicted molar refractivity (Wildman–Crippen MR) is 105 cm³/mol. The van der Waals surface area contributed by atoms with Crippen molar-refractivity contribution in [1.82, 2.24) is 4.90 Å². The zero-order valence-corrected chi connectivity index (χ0v) is 17.2. The van der Waals surface area contributed by atoms with Gasteiger partial charge in [0.05, 0.1) is 24.4 Å². The molecule has 0 radical (unpaired) electrons. The van der Waals surface area contributed by atoms with E-state index in [4.69, 9.17) is 4.74 Å². The summed E-state index contributed by atoms with van der Waals surface area (Å²) in [5.41, 5.74) is 1.62. The minimum absolute atomic E-state index is 0.0668. The maximum atomic E-state index is 13.3. The van der Waals surface area contributed by atoms with Gasteiger partial charge in [-0.05, 0) is 28.8 Å². The van der Waals surface area contributed by atoms with Crippen molar-refractivity contribution < 1.29 is 30.7 Å². The van der Waals surface area contributed by atoms with Gasteiger partial charge in [0.15, 0.2) is 0 Å². The molecule has 4 nitrogen and oxygen atoms in total. The number of hydrogen-bond acceptors (Lipinski definition) is 4. The van der Waals surface area contributed by atoms with Gasteiger partial charge in [-0.25, -0.2) is 12.8 Å². The third-order valence-electron chi connectivity index (χ3n) is 5.05. The second-order valence-electron chi connectivity index (χ2n) is 7.57. The van der Waals surface area contributed by atoms with E-state index in [-0.39, 0.29) is 17.5 Å². The number of halogens is 4. The van der Waals surface area contributed by atoms with E-state index in [0.29, 0.717) is 26.2 Å². The van der Waals surface area contributed by atoms with E-state index in [0.717, 1.165) is 17.4 Å². The highest BCUT2D eigenvalue weighted by Crippen LogP contribution is 2.36. The number of hydrogen-bond donors (Lipinski definition) is 0. The molecule has 0 N–H and O–H groups in total. The molecule has 0 bridgehead atoms. The topological polar surface area (TPSA) is 46.6 Å². The van der Waals surface area contributed by atoms with Crippen LogP contribution in [0.25, 0.3) is 0 Å². The van der Waals surface area contributed by atoms with E-state index in [9.17, 15) is 26.0 Å². The van der Waals surface area contributed by atoms with E-state index in [1.165, 1.54) is 24.3 Å². The van der Waals surface area contributed by atoms with Crippen molar-refractivity contribution in [3.05, 3.63) is 71.0 Å². The summed E-state index contributed by atoms with van der Waals surface area (Å²) in [6.07, 6.45) is -4.05. The van der Waals surface area contributed by atoms with E-state index in [2.05, 4.69) is 4.90 Å². The quantitative estimate of drug-likeness (QED) is 0.629. The molecular formula is C21H23F4NO3S. The molecule has 1 aliphatic heterocycles. The largest absolute Gasteiger partial charge is 0.396 e. The average Bonchev–Trinajstić information content (AvgIpc) is 2.66. The highest BCUT2D eigenvalue weighted by Gasteiger charge is 2.42. The number of alkyl halides is 3. The van der Waals surface area contributed by atoms with Crippen LogP contribution < -0.4 is 0 Å². The first-order chi connectivity index (χ1) is 14.0. The normalized spacial score (nSPS) is 19.6. The van der Waals surface area contributed by atoms with Crippen molar-refractivity contribution in [1.29, 1.82) is 0 Å². The van der Waals surface area contributed by atoms with Crippen LogP contribution >= 0.6 is 0 Å². The summed E-state index contributed by atoms with van der Waals surface area (Å²) >= 11 is 0. The van der Waals surface area contributed by atoms with Crippen LogP contribution in [0, 0.1) is 5.82 Å². The molecule has 1 heterocycles. The molecule has 1 unspecified atom stereocenters. The van der Waals surface area contributed by atoms with Crippen LogP contribution in [0.1, 0.15) is 28.7 Å². The first-order valence-corrected chi connectivity index (χ1v) is 11.5. The number of benzene rings is 2. The predicted octanol–water partition coefficient (Wildman–Crippen LogP) is 4.09. The third-order valence-corrected chi connectivity index (χ3v) is 5.98. The fourth-order valence-electron chi connectivity index (χ4n) is 3.52. The summed E-state index contributed by atoms with van der Waals surface area (Å²) < 4.78 is 81.7. The summed E-state index contributed by atoms with van der Waals surface area (Å²) in [4.78, 5) is 2.12. The van der Waals surface area contributed by atoms with Crippen molar-refractivity contribution in [2.75, 3.05) is 31.7 Å². The number of morpholine rings is 1. The third kappa shape index (κ3) is 6.26. The molecule has 0 saturated carbocycles. The molecule has 0 amide bonds. The molecule has 0 aliphatic carbocycles. The fraction of sp³-hybridized carbons (Fsp3) is 0.429. The molecule has 9 heteroatoms. The lowest BCUT2D eigenvalue weighted by Crippen LogP contribution is -2.37. The van der Waals surface area contributed by atoms with Gasteiger partial charge in [-0.1, -0.05) is 36.4 Å². The van der Waals surface area contributed by atoms with Crippen LogP contribution in [0.2, 0.25) is 0 Å². The minimum atomic E-state index is -4.64. The molecule has 1 saturated heterocycles. The summed E-state index contributed by atoms with van der Waals surface area (Å²) in [5, 5.41) is 0. The highest BCUT2D eigenvalue weighted by atomic mass is 32.2. The van der Waals surface area contributed by atoms with Crippen LogP contribution in [0.4, 0.5) is 17.6 Å². The SMILES string of the molecule is CS(=O)(=O)C[C@@H](c1ccc(CN2CCOC(c3ccc(F)cc3)C2)cc1)C(F)(F)F. The Morgan fingerprint density at radius 1 is 1.10 bits per heavy atom. The molecule has 164 valence electrons. The Kier molecular flexibility index (Phi) is 6.84. The Labute approximate surface area is 173 Å². The molecule has 30 heavy (non-hydrogen) atoms. The van der Waals surface area contributed by atoms with Crippen LogP contribution in [-0.2, 0) is 21.1 Å². The molecule has 2 aromatic rings. The van der Waals surface area contributed by atoms with E-state index in [1.807, 2.05) is 0 Å². The smallest absolute Gasteiger partial charge is 0.371 e. The van der Waals surface area contributed by atoms with Gasteiger partial charge in [-0.15, -0.1) is 0 Å². The van der Waals surface area contributed by atoms with Gasteiger partial charge in [0.25, 0.3) is 0 Å². The average molecular weight is 445 g/mol. The molecule has 2 aromatic carbocycles. The molecule has 2 atom stereocenters. The van der Waals surface area contributed by atoms with Gasteiger partial charge in [-0.2, -0.15) is 13.2 Å². The van der Waals surface area contributed by atoms with Gasteiger partial charge >= 0.3 is 6.18 Å². The fourth-order valence-corrected chi connectivity index (χ4v) is 4.51. The van der Waals surface area contributed by atoms with Gasteiger partial charge in [0, 0.05) is 25.9 Å². The molecular weight excluding hydrogens is 422 g/mol. The Balaban J connectivity index is 1.68. The second-order valence-corrected chi connectivity index (χ2v) is 9.76. The highest BCUT2D eigenvalue weighted by molar-refractivity contribution is 7.90. The number of ether oxygens (including phenoxy) is 1. The maximum absolute atomic E-state index is 13.3. The van der Waals surface area contributed by atoms with Crippen molar-refractivity contribution in [2.24, 2.45) is 0 Å². The van der Waals surface area contributed by atoms with Gasteiger partial charge in [0.2, 0.25) is 0 Å². The van der Waals surface area contributed by atoms with E-state index in [1.54, 1.807) is 24.3 Å². The number of sulfone groups is 1. The van der Waals surface area contributed by atoms with Crippen LogP contribution in [0.5, 0.6) is 0 Å². The lowest BCUT2D eigenvalue weighted by atomic mass is 9.99. The summed E-state index contributed by atoms with van der Waals surface area (Å²) in [5.74, 6) is -3.34. The van der Waals surface area contributed by atoms with Crippen molar-refractivity contribution in [3.8, 4) is 0 Å². The molecule has 3 rings (SSSR count). The maximum Gasteiger partial charge on any atom is 0.396 e. The number of rotatable bonds is 6. The Bertz CT molecular complexity index is 944. The van der Waals surface area contributed by atoms with Crippen molar-refractivity contribution >= 4 is 9.84 Å². The summed E-state index contributed by atoms with van der Waals surface area (Å²) in [6.45, 7) is 2.25. The first kappa shape index (κ1) is 22.7. The van der Waals surface area contributed by atoms with E-state index < -0.39 is 27.7 Å². The van der Waals surface area contributed by atoms with Crippen molar-refractivity contribution in [2.45, 2.75) is 24.7 Å². The van der Waals surface area contributed by atoms with Crippen LogP contribution in [0.3, 0.4) is 0 Å². The molecule has 1 aliphatic rings. The van der Waals surface area contributed by atoms with Gasteiger partial charge in [-0.3, -0.25) is 4.90 Å². The summed E-state index contributed by atoms with van der Waals surface area (Å²) in [6, 6.07) is 12.0. The molecule has 1 fully saturated rings. The Morgan fingerprint density at radius 3 is 2.30 bits per heavy atom. The zero-order chi connectivity index (χ0) is 21.9. The number of nitrogens with zero attached hydrogens (tertiary/aromatic N) is 1. The standard InChI is InChI=1S/C21H23F4NO3S/c1-30(27,28)14-19(21(23,24)25)16-4-2-15(3-5-16)12-26-10-11-29-20(13-26)17-6-8-18(22)9-7-17/h2-9,19-20H,10-14H2,1H3/t19-,20?/m0/s1. The monoisotopic (exact) mass is 445 g/mol. The van der Waals surface area contributed by atoms with Crippen LogP contribution in [0.15, 0.2) is 48.5 Å². The lowest BCUT2D eigenvalue weighted by Gasteiger charge is -2.33. The van der Waals surface area contributed by atoms with Gasteiger partial charge < -0.3 is 4.74 Å². The Morgan fingerprint density at radius 2 is 1.73 bits per heavy atom. The molecule has 0 aromatic heterocycles. The van der Waals surface area contributed by atoms with E-state index >= 15 is 0 Å². The minimum Gasteiger partial charge on any atom is -0.371 e. The second kappa shape index (κ2) is 9.03. The van der Waals surface area contributed by atoms with Crippen LogP contribution in [-0.4, -0.2) is 51.2 Å². The van der Waals surface area contributed by atoms with Gasteiger partial charge in [0.1, 0.15) is 15.7 Å². The summed E-state index contributed by atoms with van der Waals surface area (Å²) in [7, 11) is -3.79. The zero-order valence-electron chi connectivity index (χ0n) is 16.4. The van der Waals surface area contributed by atoms with Crippen molar-refractivity contribution in [3.63, 3.8) is 0 Å². The first-order valence-electron chi connectivity index (χ1n) is 9.44. The lowest BCUT2D eigenvalue weighted by molar-refractivity contribution is -0.145. The molecule has 0 spiro atoms.